The van der Waals surface area contributed by atoms with Crippen LogP contribution in [0.25, 0.3) is 44.3 Å². The molecule has 4 heterocycles. The third-order valence-electron chi connectivity index (χ3n) is 7.39. The average molecular weight is 451 g/mol. The lowest BCUT2D eigenvalue weighted by molar-refractivity contribution is 0.319. The normalized spacial score (nSPS) is 20.9. The number of amidine groups is 1. The van der Waals surface area contributed by atoms with Gasteiger partial charge in [-0.15, -0.1) is 0 Å². The largest absolute Gasteiger partial charge is 0.469 e. The molecule has 1 aliphatic heterocycles. The van der Waals surface area contributed by atoms with E-state index in [1.54, 1.807) is 7.11 Å². The third kappa shape index (κ3) is 2.34. The van der Waals surface area contributed by atoms with Crippen molar-refractivity contribution in [3.8, 4) is 22.5 Å². The number of aliphatic imine (C=N–C) groups is 1. The molecule has 1 aliphatic carbocycles. The first-order valence-corrected chi connectivity index (χ1v) is 11.3. The molecule has 4 N–H and O–H groups in total. The highest BCUT2D eigenvalue weighted by Crippen LogP contribution is 2.49. The highest BCUT2D eigenvalue weighted by molar-refractivity contribution is 6.00. The van der Waals surface area contributed by atoms with Gasteiger partial charge >= 0.3 is 0 Å². The summed E-state index contributed by atoms with van der Waals surface area (Å²) in [7, 11) is 1.61. The Morgan fingerprint density at radius 2 is 1.82 bits per heavy atom. The van der Waals surface area contributed by atoms with Gasteiger partial charge in [-0.2, -0.15) is 0 Å². The molecule has 0 fully saturated rings. The van der Waals surface area contributed by atoms with E-state index < -0.39 is 5.54 Å². The lowest BCUT2D eigenvalue weighted by Crippen LogP contribution is -2.48. The van der Waals surface area contributed by atoms with Gasteiger partial charge in [0.15, 0.2) is 0 Å². The molecule has 0 radical (unpaired) electrons. The minimum absolute atomic E-state index is 0.00220. The summed E-state index contributed by atoms with van der Waals surface area (Å²) in [5.74, 6) is -0.00220. The van der Waals surface area contributed by atoms with Crippen LogP contribution in [0.3, 0.4) is 0 Å². The number of aromatic amines is 3. The van der Waals surface area contributed by atoms with Crippen LogP contribution in [-0.2, 0) is 10.3 Å². The number of ether oxygens (including phenoxy) is 1. The minimum atomic E-state index is -0.675. The first-order chi connectivity index (χ1) is 16.6. The molecule has 0 saturated carbocycles. The quantitative estimate of drug-likeness (QED) is 0.309. The standard InChI is InChI=1S/C26H22N6O2/c1-13-14-7-5-9-19-20(14)17(11-28-19)21-23(26(13)12-29-25(32-26)34-2)30-22(24(33)31-21)16-10-27-18-8-4-3-6-15(16)18/h3-11,13,27-28H,12H2,1-2H3,(H,29,32)(H,31,33)/t13-,26-/m0/s1. The number of H-pyrrole nitrogens is 3. The molecular weight excluding hydrogens is 428 g/mol. The predicted octanol–water partition coefficient (Wildman–Crippen LogP) is 3.98. The minimum Gasteiger partial charge on any atom is -0.469 e. The highest BCUT2D eigenvalue weighted by Gasteiger charge is 2.49. The van der Waals surface area contributed by atoms with Crippen LogP contribution in [0.5, 0.6) is 0 Å². The van der Waals surface area contributed by atoms with Crippen LogP contribution in [0.4, 0.5) is 0 Å². The zero-order valence-electron chi connectivity index (χ0n) is 18.7. The lowest BCUT2D eigenvalue weighted by Gasteiger charge is -2.35. The first-order valence-electron chi connectivity index (χ1n) is 11.3. The molecule has 0 bridgehead atoms. The zero-order valence-corrected chi connectivity index (χ0v) is 18.7. The summed E-state index contributed by atoms with van der Waals surface area (Å²) in [5.41, 5.74) is 5.80. The summed E-state index contributed by atoms with van der Waals surface area (Å²) < 4.78 is 5.49. The van der Waals surface area contributed by atoms with Gasteiger partial charge in [-0.3, -0.25) is 4.79 Å². The second-order valence-electron chi connectivity index (χ2n) is 9.00. The Hall–Kier alpha value is -4.33. The third-order valence-corrected chi connectivity index (χ3v) is 7.39. The van der Waals surface area contributed by atoms with Crippen LogP contribution in [-0.4, -0.2) is 39.6 Å². The van der Waals surface area contributed by atoms with Crippen LogP contribution in [0.1, 0.15) is 24.1 Å². The summed E-state index contributed by atoms with van der Waals surface area (Å²) in [6, 6.07) is 14.6. The molecule has 5 aromatic rings. The molecule has 0 unspecified atom stereocenters. The van der Waals surface area contributed by atoms with E-state index in [2.05, 4.69) is 50.4 Å². The Balaban J connectivity index is 1.57. The van der Waals surface area contributed by atoms with Crippen molar-refractivity contribution >= 4 is 27.8 Å². The van der Waals surface area contributed by atoms with Crippen molar-refractivity contribution in [2.24, 2.45) is 4.99 Å². The predicted molar refractivity (Wildman–Crippen MR) is 132 cm³/mol. The highest BCUT2D eigenvalue weighted by atomic mass is 16.5. The topological polar surface area (TPSA) is 111 Å². The number of aromatic nitrogens is 4. The van der Waals surface area contributed by atoms with E-state index in [-0.39, 0.29) is 11.5 Å². The van der Waals surface area contributed by atoms with Gasteiger partial charge in [0.1, 0.15) is 11.2 Å². The van der Waals surface area contributed by atoms with Crippen LogP contribution in [0.15, 0.2) is 64.6 Å². The molecule has 34 heavy (non-hydrogen) atoms. The van der Waals surface area contributed by atoms with E-state index >= 15 is 0 Å². The molecule has 0 saturated heterocycles. The summed E-state index contributed by atoms with van der Waals surface area (Å²) >= 11 is 0. The summed E-state index contributed by atoms with van der Waals surface area (Å²) in [4.78, 5) is 33.0. The smallest absolute Gasteiger partial charge is 0.285 e. The van der Waals surface area contributed by atoms with Gasteiger partial charge in [0.05, 0.1) is 25.0 Å². The molecule has 0 amide bonds. The fourth-order valence-electron chi connectivity index (χ4n) is 5.62. The number of benzene rings is 2. The molecule has 8 heteroatoms. The van der Waals surface area contributed by atoms with Gasteiger partial charge in [0.2, 0.25) is 0 Å². The maximum Gasteiger partial charge on any atom is 0.285 e. The number of hydrogen-bond donors (Lipinski definition) is 4. The van der Waals surface area contributed by atoms with Gasteiger partial charge in [-0.05, 0) is 17.7 Å². The van der Waals surface area contributed by atoms with Crippen LogP contribution in [0, 0.1) is 0 Å². The molecule has 2 aliphatic rings. The Morgan fingerprint density at radius 3 is 2.68 bits per heavy atom. The van der Waals surface area contributed by atoms with Gasteiger partial charge in [0, 0.05) is 51.2 Å². The molecule has 1 spiro atoms. The molecule has 168 valence electrons. The van der Waals surface area contributed by atoms with Crippen molar-refractivity contribution < 1.29 is 4.74 Å². The molecule has 3 aromatic heterocycles. The van der Waals surface area contributed by atoms with Crippen molar-refractivity contribution in [2.45, 2.75) is 18.4 Å². The Labute approximate surface area is 194 Å². The van der Waals surface area contributed by atoms with Crippen molar-refractivity contribution in [3.63, 3.8) is 0 Å². The number of nitrogens with one attached hydrogen (secondary N) is 4. The zero-order chi connectivity index (χ0) is 23.0. The Morgan fingerprint density at radius 1 is 1.03 bits per heavy atom. The van der Waals surface area contributed by atoms with Gasteiger partial charge in [0.25, 0.3) is 11.6 Å². The number of hydrogen-bond acceptors (Lipinski definition) is 5. The monoisotopic (exact) mass is 450 g/mol. The molecule has 8 nitrogen and oxygen atoms in total. The second-order valence-corrected chi connectivity index (χ2v) is 9.00. The number of nitrogens with zero attached hydrogens (tertiary/aromatic N) is 2. The van der Waals surface area contributed by atoms with Crippen molar-refractivity contribution in [3.05, 3.63) is 76.5 Å². The first kappa shape index (κ1) is 19.2. The maximum atomic E-state index is 13.5. The molecule has 2 atom stereocenters. The summed E-state index contributed by atoms with van der Waals surface area (Å²) in [6.07, 6.45) is 3.80. The second kappa shape index (κ2) is 6.60. The van der Waals surface area contributed by atoms with E-state index in [4.69, 9.17) is 9.72 Å². The van der Waals surface area contributed by atoms with Gasteiger partial charge < -0.3 is 25.0 Å². The van der Waals surface area contributed by atoms with E-state index in [0.29, 0.717) is 24.0 Å². The van der Waals surface area contributed by atoms with Gasteiger partial charge in [-0.25, -0.2) is 9.98 Å². The number of rotatable bonds is 1. The lowest BCUT2D eigenvalue weighted by atomic mass is 9.78. The van der Waals surface area contributed by atoms with Crippen LogP contribution in [0.2, 0.25) is 0 Å². The SMILES string of the molecule is COC1=NC[C@@]2(N1)c1nc(-c3c[nH]c4ccccc34)c(=O)[nH]c1-c1c[nH]c3cccc(c13)[C@@H]2C. The van der Waals surface area contributed by atoms with Crippen molar-refractivity contribution in [1.82, 2.24) is 25.3 Å². The summed E-state index contributed by atoms with van der Waals surface area (Å²) in [6.45, 7) is 2.63. The van der Waals surface area contributed by atoms with E-state index in [1.807, 2.05) is 36.7 Å². The molecule has 7 rings (SSSR count). The van der Waals surface area contributed by atoms with Crippen LogP contribution >= 0.6 is 0 Å². The van der Waals surface area contributed by atoms with Gasteiger partial charge in [-0.1, -0.05) is 37.3 Å². The average Bonchev–Trinajstić information content (AvgIpc) is 3.59. The Bertz CT molecular complexity index is 1710. The maximum absolute atomic E-state index is 13.5. The van der Waals surface area contributed by atoms with Crippen molar-refractivity contribution in [2.75, 3.05) is 13.7 Å². The van der Waals surface area contributed by atoms with Crippen LogP contribution < -0.4 is 10.9 Å². The van der Waals surface area contributed by atoms with E-state index in [1.165, 1.54) is 5.56 Å². The van der Waals surface area contributed by atoms with E-state index in [9.17, 15) is 4.79 Å². The number of para-hydroxylation sites is 1. The van der Waals surface area contributed by atoms with Crippen molar-refractivity contribution in [1.29, 1.82) is 0 Å². The Kier molecular flexibility index (Phi) is 3.72. The summed E-state index contributed by atoms with van der Waals surface area (Å²) in [5, 5.41) is 5.57. The fourth-order valence-corrected chi connectivity index (χ4v) is 5.62. The fraction of sp³-hybridized carbons (Fsp3) is 0.192. The molecular formula is C26H22N6O2. The molecule has 2 aromatic carbocycles. The number of fused-ring (bicyclic) bond motifs is 4. The van der Waals surface area contributed by atoms with E-state index in [0.717, 1.165) is 38.6 Å². The number of methoxy groups -OCH3 is 1.